The summed E-state index contributed by atoms with van der Waals surface area (Å²) in [6.07, 6.45) is 0.942. The van der Waals surface area contributed by atoms with E-state index in [9.17, 15) is 13.6 Å². The number of benzene rings is 1. The molecule has 27 heavy (non-hydrogen) atoms. The largest absolute Gasteiger partial charge is 0.485 e. The van der Waals surface area contributed by atoms with E-state index in [2.05, 4.69) is 23.9 Å². The number of likely N-dealkylation sites (tertiary alicyclic amines) is 1. The number of ether oxygens (including phenoxy) is 1. The van der Waals surface area contributed by atoms with E-state index in [0.717, 1.165) is 31.6 Å². The molecule has 1 atom stereocenters. The van der Waals surface area contributed by atoms with Crippen LogP contribution in [-0.2, 0) is 6.61 Å². The Kier molecular flexibility index (Phi) is 6.05. The molecule has 1 aliphatic rings. The summed E-state index contributed by atoms with van der Waals surface area (Å²) in [6, 6.07) is 5.15. The van der Waals surface area contributed by atoms with E-state index in [1.165, 1.54) is 12.1 Å². The van der Waals surface area contributed by atoms with Gasteiger partial charge in [-0.25, -0.2) is 8.78 Å². The summed E-state index contributed by atoms with van der Waals surface area (Å²) < 4.78 is 36.6. The van der Waals surface area contributed by atoms with Gasteiger partial charge in [0.1, 0.15) is 12.4 Å². The molecule has 2 heterocycles. The van der Waals surface area contributed by atoms with Gasteiger partial charge in [-0.3, -0.25) is 9.69 Å². The minimum absolute atomic E-state index is 0.0343. The molecule has 1 aliphatic heterocycles. The summed E-state index contributed by atoms with van der Waals surface area (Å²) in [5.41, 5.74) is 0.221. The molecular weight excluding hydrogens is 356 g/mol. The summed E-state index contributed by atoms with van der Waals surface area (Å²) in [7, 11) is 0. The second kappa shape index (κ2) is 8.47. The van der Waals surface area contributed by atoms with Crippen LogP contribution in [0, 0.1) is 11.6 Å². The third-order valence-corrected chi connectivity index (χ3v) is 4.83. The highest BCUT2D eigenvalue weighted by Crippen LogP contribution is 2.20. The topological polar surface area (TPSA) is 58.8 Å². The first kappa shape index (κ1) is 19.3. The number of aromatic nitrogens is 1. The molecule has 0 aliphatic carbocycles. The van der Waals surface area contributed by atoms with Crippen LogP contribution in [0.4, 0.5) is 8.78 Å². The average molecular weight is 379 g/mol. The molecule has 6 nitrogen and oxygen atoms in total. The average Bonchev–Trinajstić information content (AvgIpc) is 3.33. The van der Waals surface area contributed by atoms with E-state index >= 15 is 0 Å². The molecule has 0 unspecified atom stereocenters. The third kappa shape index (κ3) is 4.44. The molecule has 0 N–H and O–H groups in total. The van der Waals surface area contributed by atoms with Crippen molar-refractivity contribution in [3.63, 3.8) is 0 Å². The highest BCUT2D eigenvalue weighted by Gasteiger charge is 2.31. The lowest BCUT2D eigenvalue weighted by molar-refractivity contribution is 0.0767. The summed E-state index contributed by atoms with van der Waals surface area (Å²) in [6.45, 7) is 7.47. The molecule has 1 aromatic heterocycles. The van der Waals surface area contributed by atoms with Gasteiger partial charge in [0.15, 0.2) is 23.1 Å². The first-order chi connectivity index (χ1) is 13.0. The minimum Gasteiger partial charge on any atom is -0.485 e. The molecule has 0 radical (unpaired) electrons. The van der Waals surface area contributed by atoms with Crippen molar-refractivity contribution in [3.8, 4) is 5.75 Å². The van der Waals surface area contributed by atoms with Crippen LogP contribution in [0.5, 0.6) is 5.75 Å². The van der Waals surface area contributed by atoms with Crippen molar-refractivity contribution < 1.29 is 22.8 Å². The van der Waals surface area contributed by atoms with Crippen LogP contribution in [0.25, 0.3) is 0 Å². The molecule has 1 saturated heterocycles. The van der Waals surface area contributed by atoms with Crippen LogP contribution in [-0.4, -0.2) is 53.1 Å². The van der Waals surface area contributed by atoms with E-state index in [0.29, 0.717) is 24.9 Å². The van der Waals surface area contributed by atoms with Gasteiger partial charge < -0.3 is 14.2 Å². The molecule has 1 amide bonds. The Balaban J connectivity index is 1.57. The van der Waals surface area contributed by atoms with Crippen LogP contribution in [0.1, 0.15) is 36.5 Å². The number of nitrogens with zero attached hydrogens (tertiary/aromatic N) is 3. The van der Waals surface area contributed by atoms with Gasteiger partial charge in [0.25, 0.3) is 5.91 Å². The predicted octanol–water partition coefficient (Wildman–Crippen LogP) is 3.09. The zero-order valence-corrected chi connectivity index (χ0v) is 15.5. The minimum atomic E-state index is -0.988. The number of carbonyl (C=O) groups excluding carboxylic acids is 1. The van der Waals surface area contributed by atoms with Gasteiger partial charge in [-0.2, -0.15) is 0 Å². The SMILES string of the molecule is CCN(CC)[C@H]1CCN(C(=O)c2cc(COc3ccc(F)c(F)c3)on2)C1. The number of hydrogen-bond acceptors (Lipinski definition) is 5. The van der Waals surface area contributed by atoms with E-state index < -0.39 is 11.6 Å². The Morgan fingerprint density at radius 1 is 1.30 bits per heavy atom. The van der Waals surface area contributed by atoms with Gasteiger partial charge in [0, 0.05) is 31.3 Å². The van der Waals surface area contributed by atoms with Crippen LogP contribution >= 0.6 is 0 Å². The monoisotopic (exact) mass is 379 g/mol. The molecule has 1 aromatic carbocycles. The van der Waals surface area contributed by atoms with Crippen molar-refractivity contribution in [2.24, 2.45) is 0 Å². The van der Waals surface area contributed by atoms with Crippen molar-refractivity contribution in [2.75, 3.05) is 26.2 Å². The van der Waals surface area contributed by atoms with E-state index in [-0.39, 0.29) is 24.0 Å². The Morgan fingerprint density at radius 3 is 2.78 bits per heavy atom. The van der Waals surface area contributed by atoms with Gasteiger partial charge in [-0.1, -0.05) is 19.0 Å². The zero-order valence-electron chi connectivity index (χ0n) is 15.5. The quantitative estimate of drug-likeness (QED) is 0.740. The number of likely N-dealkylation sites (N-methyl/N-ethyl adjacent to an activating group) is 1. The van der Waals surface area contributed by atoms with Crippen LogP contribution in [0.2, 0.25) is 0 Å². The fraction of sp³-hybridized carbons (Fsp3) is 0.474. The number of carbonyl (C=O) groups is 1. The van der Waals surface area contributed by atoms with Gasteiger partial charge in [0.05, 0.1) is 0 Å². The molecule has 1 fully saturated rings. The lowest BCUT2D eigenvalue weighted by atomic mass is 10.2. The molecule has 8 heteroatoms. The van der Waals surface area contributed by atoms with Gasteiger partial charge in [-0.05, 0) is 31.6 Å². The normalized spacial score (nSPS) is 16.9. The second-order valence-electron chi connectivity index (χ2n) is 6.46. The van der Waals surface area contributed by atoms with Gasteiger partial charge >= 0.3 is 0 Å². The smallest absolute Gasteiger partial charge is 0.276 e. The molecule has 0 bridgehead atoms. The number of hydrogen-bond donors (Lipinski definition) is 0. The fourth-order valence-electron chi connectivity index (χ4n) is 3.33. The van der Waals surface area contributed by atoms with Crippen molar-refractivity contribution in [1.29, 1.82) is 0 Å². The van der Waals surface area contributed by atoms with Crippen molar-refractivity contribution >= 4 is 5.91 Å². The van der Waals surface area contributed by atoms with Crippen LogP contribution in [0.3, 0.4) is 0 Å². The maximum atomic E-state index is 13.2. The predicted molar refractivity (Wildman–Crippen MR) is 94.4 cm³/mol. The maximum absolute atomic E-state index is 13.2. The lowest BCUT2D eigenvalue weighted by Crippen LogP contribution is -2.38. The standard InChI is InChI=1S/C19H23F2N3O3/c1-3-23(4-2)13-7-8-24(11-13)19(25)18-10-15(27-22-18)12-26-14-5-6-16(20)17(21)9-14/h5-6,9-10,13H,3-4,7-8,11-12H2,1-2H3/t13-/m0/s1. The van der Waals surface area contributed by atoms with Crippen molar-refractivity contribution in [2.45, 2.75) is 32.9 Å². The zero-order chi connectivity index (χ0) is 19.4. The molecule has 0 saturated carbocycles. The first-order valence-electron chi connectivity index (χ1n) is 9.08. The van der Waals surface area contributed by atoms with E-state index in [1.54, 1.807) is 4.90 Å². The summed E-state index contributed by atoms with van der Waals surface area (Å²) in [5, 5.41) is 3.82. The number of amides is 1. The Bertz CT molecular complexity index is 792. The van der Waals surface area contributed by atoms with Crippen LogP contribution in [0.15, 0.2) is 28.8 Å². The molecular formula is C19H23F2N3O3. The Morgan fingerprint density at radius 2 is 2.07 bits per heavy atom. The number of halogens is 2. The van der Waals surface area contributed by atoms with Crippen LogP contribution < -0.4 is 4.74 Å². The third-order valence-electron chi connectivity index (χ3n) is 4.83. The van der Waals surface area contributed by atoms with E-state index in [1.807, 2.05) is 0 Å². The van der Waals surface area contributed by atoms with Crippen molar-refractivity contribution in [3.05, 3.63) is 47.4 Å². The highest BCUT2D eigenvalue weighted by molar-refractivity contribution is 5.92. The first-order valence-corrected chi connectivity index (χ1v) is 9.08. The summed E-state index contributed by atoms with van der Waals surface area (Å²) in [5.74, 6) is -1.60. The number of rotatable bonds is 7. The molecule has 2 aromatic rings. The maximum Gasteiger partial charge on any atom is 0.276 e. The van der Waals surface area contributed by atoms with E-state index in [4.69, 9.17) is 9.26 Å². The second-order valence-corrected chi connectivity index (χ2v) is 6.46. The van der Waals surface area contributed by atoms with Crippen molar-refractivity contribution in [1.82, 2.24) is 15.0 Å². The summed E-state index contributed by atoms with van der Waals surface area (Å²) in [4.78, 5) is 16.7. The molecule has 0 spiro atoms. The molecule has 3 rings (SSSR count). The van der Waals surface area contributed by atoms with Gasteiger partial charge in [-0.15, -0.1) is 0 Å². The van der Waals surface area contributed by atoms with Gasteiger partial charge in [0.2, 0.25) is 0 Å². The Labute approximate surface area is 156 Å². The molecule has 146 valence electrons. The summed E-state index contributed by atoms with van der Waals surface area (Å²) >= 11 is 0. The fourth-order valence-corrected chi connectivity index (χ4v) is 3.33. The lowest BCUT2D eigenvalue weighted by Gasteiger charge is -2.25. The Hall–Kier alpha value is -2.48. The highest BCUT2D eigenvalue weighted by atomic mass is 19.2.